The first-order valence-electron chi connectivity index (χ1n) is 13.8. The Morgan fingerprint density at radius 1 is 0.783 bits per heavy atom. The van der Waals surface area contributed by atoms with E-state index in [1.807, 2.05) is 36.4 Å². The average molecular weight is 669 g/mol. The van der Waals surface area contributed by atoms with Crippen LogP contribution in [0.1, 0.15) is 32.3 Å². The lowest BCUT2D eigenvalue weighted by Crippen LogP contribution is -2.15. The van der Waals surface area contributed by atoms with Crippen LogP contribution in [-0.4, -0.2) is 67.5 Å². The fourth-order valence-corrected chi connectivity index (χ4v) is 7.76. The van der Waals surface area contributed by atoms with E-state index < -0.39 is 43.7 Å². The maximum atomic E-state index is 13.5. The van der Waals surface area contributed by atoms with Gasteiger partial charge in [-0.3, -0.25) is 30.3 Å². The molecule has 1 aromatic heterocycles. The van der Waals surface area contributed by atoms with Gasteiger partial charge in [-0.25, -0.2) is 4.79 Å². The van der Waals surface area contributed by atoms with Crippen molar-refractivity contribution in [2.45, 2.75) is 5.92 Å². The molecule has 14 nitrogen and oxygen atoms in total. The fraction of sp³-hybridized carbons (Fsp3) is 0.267. The summed E-state index contributed by atoms with van der Waals surface area (Å²) in [7, 11) is 4.31. The summed E-state index contributed by atoms with van der Waals surface area (Å²) in [4.78, 5) is 49.0. The van der Waals surface area contributed by atoms with Crippen molar-refractivity contribution in [1.82, 2.24) is 0 Å². The lowest BCUT2D eigenvalue weighted by molar-refractivity contribution is -0.393. The third-order valence-corrected chi connectivity index (χ3v) is 9.63. The number of benzene rings is 3. The first kappa shape index (κ1) is 32.6. The van der Waals surface area contributed by atoms with Crippen LogP contribution in [0.15, 0.2) is 60.7 Å². The smallest absolute Gasteiger partial charge is 0.339 e. The van der Waals surface area contributed by atoms with E-state index in [2.05, 4.69) is 0 Å². The number of fused-ring (bicyclic) bond motifs is 3. The molecule has 1 aliphatic carbocycles. The highest BCUT2D eigenvalue weighted by Crippen LogP contribution is 2.56. The van der Waals surface area contributed by atoms with E-state index in [0.717, 1.165) is 22.6 Å². The zero-order valence-electron chi connectivity index (χ0n) is 24.2. The summed E-state index contributed by atoms with van der Waals surface area (Å²) in [6, 6.07) is 15.6. The standard InChI is InChI=1S/C30H26N3O11S2/c1-41-7-8-42-9-10-43-11-12-44-30(34)23-15-19(31(35)36)13-21-27(26-17-25(45-46-26)18-5-3-2-4-6-18)22-14-20(32(37)38)16-24(33(39)40)29(22)28(21)23/h2-6,13-17,27H,7-12H2,1H3/q+1. The van der Waals surface area contributed by atoms with E-state index in [-0.39, 0.29) is 47.6 Å². The zero-order valence-corrected chi connectivity index (χ0v) is 25.9. The number of hydrogen-bond acceptors (Lipinski definition) is 12. The van der Waals surface area contributed by atoms with Gasteiger partial charge in [-0.2, -0.15) is 0 Å². The van der Waals surface area contributed by atoms with Crippen molar-refractivity contribution in [1.29, 1.82) is 0 Å². The molecule has 0 fully saturated rings. The van der Waals surface area contributed by atoms with Crippen LogP contribution in [0.4, 0.5) is 17.1 Å². The van der Waals surface area contributed by atoms with Gasteiger partial charge >= 0.3 is 16.3 Å². The van der Waals surface area contributed by atoms with Gasteiger partial charge in [0.05, 0.1) is 75.8 Å². The van der Waals surface area contributed by atoms with E-state index in [1.165, 1.54) is 32.8 Å². The summed E-state index contributed by atoms with van der Waals surface area (Å²) < 4.78 is 21.0. The quantitative estimate of drug-likeness (QED) is 0.0297. The Bertz CT molecular complexity index is 1800. The predicted octanol–water partition coefficient (Wildman–Crippen LogP) is 6.48. The van der Waals surface area contributed by atoms with Gasteiger partial charge in [0, 0.05) is 42.5 Å². The van der Waals surface area contributed by atoms with Gasteiger partial charge in [-0.05, 0) is 23.3 Å². The maximum Gasteiger partial charge on any atom is 0.339 e. The Kier molecular flexibility index (Phi) is 10.3. The zero-order chi connectivity index (χ0) is 32.8. The highest BCUT2D eigenvalue weighted by atomic mass is 32.9. The molecular formula is C30H26N3O11S2+. The number of carbonyl (C=O) groups is 1. The molecule has 0 bridgehead atoms. The summed E-state index contributed by atoms with van der Waals surface area (Å²) in [6.07, 6.45) is 0. The molecule has 0 amide bonds. The Morgan fingerprint density at radius 2 is 1.39 bits per heavy atom. The van der Waals surface area contributed by atoms with E-state index >= 15 is 0 Å². The number of hydrogen-bond donors (Lipinski definition) is 0. The van der Waals surface area contributed by atoms with Gasteiger partial charge in [0.2, 0.25) is 0 Å². The Balaban J connectivity index is 1.57. The van der Waals surface area contributed by atoms with Crippen LogP contribution in [0.5, 0.6) is 0 Å². The molecule has 3 aromatic carbocycles. The van der Waals surface area contributed by atoms with Crippen molar-refractivity contribution in [3.63, 3.8) is 0 Å². The number of ether oxygens (including phenoxy) is 4. The van der Waals surface area contributed by atoms with Crippen LogP contribution < -0.4 is 0 Å². The molecule has 4 aromatic rings. The van der Waals surface area contributed by atoms with E-state index in [1.54, 1.807) is 7.11 Å². The molecule has 0 aliphatic heterocycles. The van der Waals surface area contributed by atoms with Gasteiger partial charge in [-0.1, -0.05) is 18.2 Å². The Morgan fingerprint density at radius 3 is 2.02 bits per heavy atom. The second-order valence-corrected chi connectivity index (χ2v) is 12.1. The molecule has 1 heterocycles. The van der Waals surface area contributed by atoms with Gasteiger partial charge in [0.25, 0.3) is 21.9 Å². The molecule has 0 radical (unpaired) electrons. The largest absolute Gasteiger partial charge is 0.460 e. The van der Waals surface area contributed by atoms with E-state index in [0.29, 0.717) is 24.7 Å². The average Bonchev–Trinajstić information content (AvgIpc) is 3.66. The Labute approximate surface area is 268 Å². The fourth-order valence-electron chi connectivity index (χ4n) is 5.15. The molecule has 0 saturated heterocycles. The normalized spacial score (nSPS) is 13.2. The lowest BCUT2D eigenvalue weighted by Gasteiger charge is -2.12. The molecule has 16 heteroatoms. The van der Waals surface area contributed by atoms with Crippen molar-refractivity contribution < 1.29 is 38.5 Å². The maximum absolute atomic E-state index is 13.5. The monoisotopic (exact) mass is 668 g/mol. The van der Waals surface area contributed by atoms with Gasteiger partial charge in [0.1, 0.15) is 6.61 Å². The van der Waals surface area contributed by atoms with Gasteiger partial charge < -0.3 is 18.9 Å². The van der Waals surface area contributed by atoms with Crippen LogP contribution in [0, 0.1) is 30.3 Å². The minimum Gasteiger partial charge on any atom is -0.460 e. The number of nitro benzene ring substituents is 3. The number of rotatable bonds is 15. The topological polar surface area (TPSA) is 183 Å². The second kappa shape index (κ2) is 14.6. The molecule has 46 heavy (non-hydrogen) atoms. The molecule has 238 valence electrons. The minimum absolute atomic E-state index is 0.000889. The number of esters is 1. The van der Waals surface area contributed by atoms with Crippen molar-refractivity contribution >= 4 is 43.7 Å². The highest BCUT2D eigenvalue weighted by Gasteiger charge is 2.43. The summed E-state index contributed by atoms with van der Waals surface area (Å²) in [5, 5.41) is 36.2. The van der Waals surface area contributed by atoms with Crippen LogP contribution in [0.3, 0.4) is 0 Å². The van der Waals surface area contributed by atoms with Crippen LogP contribution in [-0.2, 0) is 18.9 Å². The molecule has 5 rings (SSSR count). The molecule has 1 atom stereocenters. The van der Waals surface area contributed by atoms with Crippen molar-refractivity contribution in [3.8, 4) is 21.6 Å². The van der Waals surface area contributed by atoms with E-state index in [4.69, 9.17) is 18.9 Å². The van der Waals surface area contributed by atoms with Gasteiger partial charge in [0.15, 0.2) is 10.3 Å². The number of methoxy groups -OCH3 is 1. The summed E-state index contributed by atoms with van der Waals surface area (Å²) >= 11 is 0. The Hall–Kier alpha value is -4.74. The minimum atomic E-state index is -0.960. The number of non-ortho nitro benzene ring substituents is 2. The summed E-state index contributed by atoms with van der Waals surface area (Å²) in [6.45, 7) is 1.13. The number of nitro groups is 3. The first-order chi connectivity index (χ1) is 22.2. The molecule has 0 N–H and O–H groups in total. The third-order valence-electron chi connectivity index (χ3n) is 7.11. The molecule has 0 spiro atoms. The molecular weight excluding hydrogens is 642 g/mol. The third kappa shape index (κ3) is 6.90. The predicted molar refractivity (Wildman–Crippen MR) is 169 cm³/mol. The highest BCUT2D eigenvalue weighted by molar-refractivity contribution is 7.70. The van der Waals surface area contributed by atoms with Crippen molar-refractivity contribution in [3.05, 3.63) is 113 Å². The molecule has 0 saturated carbocycles. The van der Waals surface area contributed by atoms with Crippen molar-refractivity contribution in [2.75, 3.05) is 46.8 Å². The summed E-state index contributed by atoms with van der Waals surface area (Å²) in [5.41, 5.74) is -0.458. The van der Waals surface area contributed by atoms with Crippen molar-refractivity contribution in [2.24, 2.45) is 0 Å². The molecule has 1 aliphatic rings. The van der Waals surface area contributed by atoms with Crippen LogP contribution >= 0.6 is 20.7 Å². The van der Waals surface area contributed by atoms with Crippen LogP contribution in [0.25, 0.3) is 21.6 Å². The first-order valence-corrected chi connectivity index (χ1v) is 16.0. The van der Waals surface area contributed by atoms with Gasteiger partial charge in [-0.15, -0.1) is 0 Å². The number of carbonyl (C=O) groups excluding carboxylic acids is 1. The molecule has 1 unspecified atom stereocenters. The van der Waals surface area contributed by atoms with E-state index in [9.17, 15) is 35.1 Å². The number of nitrogens with zero attached hydrogens (tertiary/aromatic N) is 3. The second-order valence-electron chi connectivity index (χ2n) is 9.89. The van der Waals surface area contributed by atoms with Crippen LogP contribution in [0.2, 0.25) is 0 Å². The SMILES string of the molecule is COCCOCCOCCOC(=O)c1cc([N+](=O)[O-])cc2c1-c1c(cc([N+](=O)[O-])cc1[N+](=O)[O-])C2c1cc(-c2ccccc2)[s+]s1. The summed E-state index contributed by atoms with van der Waals surface area (Å²) in [5.74, 6) is -1.83. The lowest BCUT2D eigenvalue weighted by atomic mass is 9.93.